The Hall–Kier alpha value is -0.570. The van der Waals surface area contributed by atoms with E-state index in [2.05, 4.69) is 4.37 Å². The average Bonchev–Trinajstić information content (AvgIpc) is 1.86. The van der Waals surface area contributed by atoms with Gasteiger partial charge >= 0.3 is 0 Å². The Labute approximate surface area is 39.8 Å². The van der Waals surface area contributed by atoms with Gasteiger partial charge in [-0.2, -0.15) is 4.37 Å². The lowest BCUT2D eigenvalue weighted by Crippen LogP contribution is -1.57. The second kappa shape index (κ2) is 1.26. The van der Waals surface area contributed by atoms with E-state index >= 15 is 0 Å². The van der Waals surface area contributed by atoms with Crippen molar-refractivity contribution >= 4 is 17.4 Å². The number of nitrogens with one attached hydrogen (secondary N) is 1. The van der Waals surface area contributed by atoms with Gasteiger partial charge in [0.25, 0.3) is 0 Å². The van der Waals surface area contributed by atoms with Crippen LogP contribution in [0.1, 0.15) is 0 Å². The summed E-state index contributed by atoms with van der Waals surface area (Å²) in [6.07, 6.45) is 0. The van der Waals surface area contributed by atoms with E-state index in [1.807, 2.05) is 0 Å². The molecule has 1 aromatic heterocycles. The SMILES string of the molecule is [NH]c1ccsn1. The summed E-state index contributed by atoms with van der Waals surface area (Å²) in [6.45, 7) is 0. The molecule has 1 N–H and O–H groups in total. The van der Waals surface area contributed by atoms with Gasteiger partial charge in [-0.1, -0.05) is 0 Å². The summed E-state index contributed by atoms with van der Waals surface area (Å²) in [6, 6.07) is 1.66. The molecule has 0 atom stereocenters. The predicted molar refractivity (Wildman–Crippen MR) is 24.9 cm³/mol. The van der Waals surface area contributed by atoms with Crippen molar-refractivity contribution in [3.63, 3.8) is 0 Å². The van der Waals surface area contributed by atoms with Crippen LogP contribution >= 0.6 is 11.5 Å². The van der Waals surface area contributed by atoms with Crippen LogP contribution in [0.2, 0.25) is 0 Å². The zero-order chi connectivity index (χ0) is 4.41. The molecule has 0 spiro atoms. The van der Waals surface area contributed by atoms with Crippen molar-refractivity contribution in [3.05, 3.63) is 11.4 Å². The van der Waals surface area contributed by atoms with Crippen LogP contribution in [0, 0.1) is 0 Å². The van der Waals surface area contributed by atoms with Crippen LogP contribution in [0.3, 0.4) is 0 Å². The summed E-state index contributed by atoms with van der Waals surface area (Å²) in [7, 11) is 0. The minimum absolute atomic E-state index is 0.361. The highest BCUT2D eigenvalue weighted by Gasteiger charge is 1.78. The number of rotatable bonds is 0. The highest BCUT2D eigenvalue weighted by atomic mass is 32.1. The third-order valence-electron chi connectivity index (χ3n) is 0.438. The quantitative estimate of drug-likeness (QED) is 0.479. The maximum atomic E-state index is 6.77. The lowest BCUT2D eigenvalue weighted by molar-refractivity contribution is 1.39. The fraction of sp³-hybridized carbons (Fsp3) is 0. The summed E-state index contributed by atoms with van der Waals surface area (Å²) in [5, 5.41) is 1.78. The van der Waals surface area contributed by atoms with E-state index in [0.717, 1.165) is 0 Å². The van der Waals surface area contributed by atoms with E-state index in [9.17, 15) is 0 Å². The Morgan fingerprint density at radius 3 is 2.83 bits per heavy atom. The number of aromatic nitrogens is 1. The average molecular weight is 99.1 g/mol. The van der Waals surface area contributed by atoms with E-state index in [1.165, 1.54) is 11.5 Å². The van der Waals surface area contributed by atoms with Crippen LogP contribution in [0.4, 0.5) is 5.82 Å². The van der Waals surface area contributed by atoms with Gasteiger partial charge in [-0.3, -0.25) is 5.73 Å². The molecular weight excluding hydrogens is 96.1 g/mol. The Balaban J connectivity index is 3.05. The van der Waals surface area contributed by atoms with Crippen molar-refractivity contribution in [2.75, 3.05) is 0 Å². The molecule has 31 valence electrons. The first-order valence-corrected chi connectivity index (χ1v) is 2.35. The first kappa shape index (κ1) is 3.61. The van der Waals surface area contributed by atoms with Gasteiger partial charge in [0.05, 0.1) is 0 Å². The highest BCUT2D eigenvalue weighted by molar-refractivity contribution is 7.03. The molecule has 1 radical (unpaired) electrons. The Kier molecular flexibility index (Phi) is 0.759. The molecule has 2 nitrogen and oxygen atoms in total. The zero-order valence-electron chi connectivity index (χ0n) is 3.01. The fourth-order valence-electron chi connectivity index (χ4n) is 0.213. The third kappa shape index (κ3) is 0.490. The molecule has 0 aliphatic carbocycles. The molecule has 0 bridgehead atoms. The van der Waals surface area contributed by atoms with Crippen LogP contribution in [-0.4, -0.2) is 4.37 Å². The second-order valence-electron chi connectivity index (χ2n) is 0.885. The van der Waals surface area contributed by atoms with Gasteiger partial charge in [0, 0.05) is 5.38 Å². The second-order valence-corrected chi connectivity index (χ2v) is 1.55. The molecule has 0 unspecified atom stereocenters. The zero-order valence-corrected chi connectivity index (χ0v) is 3.83. The molecule has 0 aromatic carbocycles. The van der Waals surface area contributed by atoms with Crippen molar-refractivity contribution < 1.29 is 0 Å². The number of hydrogen-bond acceptors (Lipinski definition) is 2. The summed E-state index contributed by atoms with van der Waals surface area (Å²) in [5.41, 5.74) is 6.77. The molecule has 1 rings (SSSR count). The molecule has 0 saturated heterocycles. The lowest BCUT2D eigenvalue weighted by atomic mass is 10.7. The van der Waals surface area contributed by atoms with Gasteiger partial charge in [0.15, 0.2) is 5.82 Å². The Bertz CT molecular complexity index is 112. The van der Waals surface area contributed by atoms with Crippen molar-refractivity contribution in [1.29, 1.82) is 0 Å². The largest absolute Gasteiger partial charge is 0.282 e. The van der Waals surface area contributed by atoms with Crippen molar-refractivity contribution in [2.24, 2.45) is 0 Å². The van der Waals surface area contributed by atoms with Crippen LogP contribution in [0.15, 0.2) is 11.4 Å². The van der Waals surface area contributed by atoms with Gasteiger partial charge in [0.2, 0.25) is 0 Å². The van der Waals surface area contributed by atoms with E-state index in [4.69, 9.17) is 5.73 Å². The molecule has 6 heavy (non-hydrogen) atoms. The molecular formula is C3H3N2S. The van der Waals surface area contributed by atoms with Crippen molar-refractivity contribution in [3.8, 4) is 0 Å². The summed E-state index contributed by atoms with van der Waals surface area (Å²) in [5.74, 6) is 0.361. The Morgan fingerprint density at radius 1 is 1.83 bits per heavy atom. The van der Waals surface area contributed by atoms with Gasteiger partial charge < -0.3 is 0 Å². The van der Waals surface area contributed by atoms with Crippen LogP contribution in [-0.2, 0) is 0 Å². The number of hydrogen-bond donors (Lipinski definition) is 0. The van der Waals surface area contributed by atoms with Crippen LogP contribution < -0.4 is 5.73 Å². The maximum absolute atomic E-state index is 6.77. The molecule has 0 aliphatic rings. The van der Waals surface area contributed by atoms with Gasteiger partial charge in [-0.15, -0.1) is 0 Å². The molecule has 3 heteroatoms. The van der Waals surface area contributed by atoms with E-state index < -0.39 is 0 Å². The van der Waals surface area contributed by atoms with Crippen LogP contribution in [0.5, 0.6) is 0 Å². The first-order valence-electron chi connectivity index (χ1n) is 1.51. The van der Waals surface area contributed by atoms with E-state index in [0.29, 0.717) is 5.82 Å². The Morgan fingerprint density at radius 2 is 2.67 bits per heavy atom. The standard InChI is InChI=1S/C3H3N2S/c4-3-1-2-6-5-3/h1-2,4H. The third-order valence-corrected chi connectivity index (χ3v) is 0.998. The van der Waals surface area contributed by atoms with Crippen molar-refractivity contribution in [1.82, 2.24) is 10.1 Å². The fourth-order valence-corrected chi connectivity index (χ4v) is 0.638. The minimum atomic E-state index is 0.361. The predicted octanol–water partition coefficient (Wildman–Crippen LogP) is 1.06. The molecule has 0 amide bonds. The molecule has 1 heterocycles. The lowest BCUT2D eigenvalue weighted by Gasteiger charge is -1.64. The molecule has 0 saturated carbocycles. The number of nitrogens with zero attached hydrogens (tertiary/aromatic N) is 1. The normalized spacial score (nSPS) is 8.67. The van der Waals surface area contributed by atoms with Gasteiger partial charge in [-0.05, 0) is 17.6 Å². The summed E-state index contributed by atoms with van der Waals surface area (Å²) in [4.78, 5) is 0. The van der Waals surface area contributed by atoms with Crippen molar-refractivity contribution in [2.45, 2.75) is 0 Å². The van der Waals surface area contributed by atoms with Crippen LogP contribution in [0.25, 0.3) is 0 Å². The van der Waals surface area contributed by atoms with E-state index in [1.54, 1.807) is 11.4 Å². The maximum Gasteiger partial charge on any atom is 0.158 e. The minimum Gasteiger partial charge on any atom is -0.282 e. The summed E-state index contributed by atoms with van der Waals surface area (Å²) < 4.78 is 3.62. The van der Waals surface area contributed by atoms with Gasteiger partial charge in [-0.25, -0.2) is 0 Å². The monoisotopic (exact) mass is 99.0 g/mol. The van der Waals surface area contributed by atoms with Gasteiger partial charge in [0.1, 0.15) is 0 Å². The summed E-state index contributed by atoms with van der Waals surface area (Å²) >= 11 is 1.30. The smallest absolute Gasteiger partial charge is 0.158 e. The topological polar surface area (TPSA) is 36.7 Å². The molecule has 0 aliphatic heterocycles. The highest BCUT2D eigenvalue weighted by Crippen LogP contribution is 1.99. The molecule has 0 fully saturated rings. The first-order chi connectivity index (χ1) is 2.89. The van der Waals surface area contributed by atoms with E-state index in [-0.39, 0.29) is 0 Å². The molecule has 1 aromatic rings.